The van der Waals surface area contributed by atoms with Gasteiger partial charge < -0.3 is 0 Å². The van der Waals surface area contributed by atoms with Crippen molar-refractivity contribution in [3.05, 3.63) is 101 Å². The molecule has 0 fully saturated rings. The molecule has 1 heterocycles. The molecule has 0 radical (unpaired) electrons. The lowest BCUT2D eigenvalue weighted by molar-refractivity contribution is 0.387. The average molecular weight is 349 g/mol. The normalized spacial score (nSPS) is 17.4. The zero-order chi connectivity index (χ0) is 17.4. The van der Waals surface area contributed by atoms with Gasteiger partial charge in [0.1, 0.15) is 0 Å². The first-order chi connectivity index (χ1) is 12.1. The maximum absolute atomic E-state index is 13.3. The maximum Gasteiger partial charge on any atom is 0.244 e. The van der Waals surface area contributed by atoms with Gasteiger partial charge in [0, 0.05) is 6.54 Å². The van der Waals surface area contributed by atoms with Gasteiger partial charge in [0.2, 0.25) is 10.0 Å². The van der Waals surface area contributed by atoms with Crippen LogP contribution < -0.4 is 0 Å². The van der Waals surface area contributed by atoms with Crippen LogP contribution >= 0.6 is 0 Å². The maximum atomic E-state index is 13.3. The number of fused-ring (bicyclic) bond motifs is 1. The van der Waals surface area contributed by atoms with Gasteiger partial charge in [0.05, 0.1) is 10.9 Å². The summed E-state index contributed by atoms with van der Waals surface area (Å²) >= 11 is 0. The predicted molar refractivity (Wildman–Crippen MR) is 98.6 cm³/mol. The van der Waals surface area contributed by atoms with Crippen molar-refractivity contribution in [1.29, 1.82) is 0 Å². The van der Waals surface area contributed by atoms with Crippen LogP contribution in [0.15, 0.2) is 83.8 Å². The highest BCUT2D eigenvalue weighted by Gasteiger charge is 2.39. The molecule has 0 aromatic heterocycles. The van der Waals surface area contributed by atoms with Crippen molar-refractivity contribution in [2.45, 2.75) is 24.4 Å². The lowest BCUT2D eigenvalue weighted by Gasteiger charge is -2.25. The quantitative estimate of drug-likeness (QED) is 0.707. The molecule has 1 aliphatic heterocycles. The van der Waals surface area contributed by atoms with E-state index >= 15 is 0 Å². The molecular weight excluding hydrogens is 330 g/mol. The van der Waals surface area contributed by atoms with E-state index in [4.69, 9.17) is 0 Å². The molecule has 1 aliphatic rings. The lowest BCUT2D eigenvalue weighted by Crippen LogP contribution is -2.30. The molecule has 126 valence electrons. The zero-order valence-corrected chi connectivity index (χ0v) is 14.8. The van der Waals surface area contributed by atoms with Crippen molar-refractivity contribution < 1.29 is 8.42 Å². The van der Waals surface area contributed by atoms with Crippen LogP contribution in [0.2, 0.25) is 0 Å². The van der Waals surface area contributed by atoms with Gasteiger partial charge in [-0.1, -0.05) is 72.3 Å². The van der Waals surface area contributed by atoms with Crippen LogP contribution in [0.3, 0.4) is 0 Å². The molecule has 0 amide bonds. The molecule has 0 spiro atoms. The van der Waals surface area contributed by atoms with Crippen LogP contribution in [-0.4, -0.2) is 12.7 Å². The fourth-order valence-electron chi connectivity index (χ4n) is 3.41. The van der Waals surface area contributed by atoms with E-state index in [1.54, 1.807) is 16.4 Å². The highest BCUT2D eigenvalue weighted by Crippen LogP contribution is 2.41. The second-order valence-electron chi connectivity index (χ2n) is 6.38. The Balaban J connectivity index is 1.85. The topological polar surface area (TPSA) is 37.4 Å². The first-order valence-corrected chi connectivity index (χ1v) is 9.72. The third-order valence-corrected chi connectivity index (χ3v) is 6.53. The Morgan fingerprint density at radius 3 is 2.20 bits per heavy atom. The summed E-state index contributed by atoms with van der Waals surface area (Å²) in [5.41, 5.74) is 4.16. The van der Waals surface area contributed by atoms with Crippen molar-refractivity contribution in [1.82, 2.24) is 4.31 Å². The van der Waals surface area contributed by atoms with Gasteiger partial charge in [-0.3, -0.25) is 0 Å². The van der Waals surface area contributed by atoms with Crippen molar-refractivity contribution in [2.24, 2.45) is 0 Å². The molecule has 0 bridgehead atoms. The molecule has 4 rings (SSSR count). The van der Waals surface area contributed by atoms with Crippen molar-refractivity contribution >= 4 is 10.0 Å². The highest BCUT2D eigenvalue weighted by atomic mass is 32.2. The van der Waals surface area contributed by atoms with E-state index in [0.717, 1.165) is 22.3 Å². The second-order valence-corrected chi connectivity index (χ2v) is 8.27. The van der Waals surface area contributed by atoms with Crippen LogP contribution in [0.25, 0.3) is 0 Å². The van der Waals surface area contributed by atoms with Crippen LogP contribution in [0.4, 0.5) is 0 Å². The summed E-state index contributed by atoms with van der Waals surface area (Å²) in [5, 5.41) is 0. The van der Waals surface area contributed by atoms with Crippen molar-refractivity contribution in [2.75, 3.05) is 0 Å². The number of aryl methyl sites for hydroxylation is 1. The molecule has 0 saturated heterocycles. The molecule has 4 heteroatoms. The fourth-order valence-corrected chi connectivity index (χ4v) is 4.98. The fraction of sp³-hybridized carbons (Fsp3) is 0.143. The number of benzene rings is 3. The lowest BCUT2D eigenvalue weighted by atomic mass is 9.99. The van der Waals surface area contributed by atoms with E-state index in [2.05, 4.69) is 0 Å². The van der Waals surface area contributed by atoms with Crippen molar-refractivity contribution in [3.63, 3.8) is 0 Å². The minimum Gasteiger partial charge on any atom is -0.207 e. The Labute approximate surface area is 148 Å². The second kappa shape index (κ2) is 6.14. The number of hydrogen-bond acceptors (Lipinski definition) is 2. The molecule has 0 saturated carbocycles. The molecular formula is C21H19NO2S. The minimum atomic E-state index is -3.59. The van der Waals surface area contributed by atoms with Crippen LogP contribution in [0.1, 0.15) is 28.3 Å². The predicted octanol–water partition coefficient (Wildman–Crippen LogP) is 4.29. The highest BCUT2D eigenvalue weighted by molar-refractivity contribution is 7.89. The van der Waals surface area contributed by atoms with Gasteiger partial charge >= 0.3 is 0 Å². The molecule has 3 aromatic rings. The molecule has 3 nitrogen and oxygen atoms in total. The Bertz CT molecular complexity index is 996. The summed E-state index contributed by atoms with van der Waals surface area (Å²) in [6.45, 7) is 2.35. The van der Waals surface area contributed by atoms with Crippen LogP contribution in [-0.2, 0) is 16.6 Å². The monoisotopic (exact) mass is 349 g/mol. The minimum absolute atomic E-state index is 0.288. The first kappa shape index (κ1) is 16.1. The summed E-state index contributed by atoms with van der Waals surface area (Å²) < 4.78 is 28.3. The summed E-state index contributed by atoms with van der Waals surface area (Å²) in [5.74, 6) is 0. The smallest absolute Gasteiger partial charge is 0.207 e. The number of sulfonamides is 1. The first-order valence-electron chi connectivity index (χ1n) is 8.28. The largest absolute Gasteiger partial charge is 0.244 e. The molecule has 3 aromatic carbocycles. The summed E-state index contributed by atoms with van der Waals surface area (Å²) in [7, 11) is -3.59. The summed E-state index contributed by atoms with van der Waals surface area (Å²) in [6.07, 6.45) is 0. The Morgan fingerprint density at radius 1 is 0.840 bits per heavy atom. The van der Waals surface area contributed by atoms with E-state index in [0.29, 0.717) is 11.4 Å². The number of hydrogen-bond donors (Lipinski definition) is 0. The Hall–Kier alpha value is -2.43. The zero-order valence-electron chi connectivity index (χ0n) is 14.0. The number of nitrogens with zero attached hydrogens (tertiary/aromatic N) is 1. The van der Waals surface area contributed by atoms with Gasteiger partial charge in [-0.15, -0.1) is 0 Å². The van der Waals surface area contributed by atoms with E-state index in [1.165, 1.54) is 0 Å². The Morgan fingerprint density at radius 2 is 1.48 bits per heavy atom. The molecule has 0 aliphatic carbocycles. The van der Waals surface area contributed by atoms with E-state index in [9.17, 15) is 8.42 Å². The molecule has 25 heavy (non-hydrogen) atoms. The van der Waals surface area contributed by atoms with E-state index in [1.807, 2.05) is 73.7 Å². The number of rotatable bonds is 3. The van der Waals surface area contributed by atoms with Gasteiger partial charge in [0.15, 0.2) is 0 Å². The van der Waals surface area contributed by atoms with Crippen LogP contribution in [0, 0.1) is 6.92 Å². The summed E-state index contributed by atoms with van der Waals surface area (Å²) in [4.78, 5) is 0.340. The summed E-state index contributed by atoms with van der Waals surface area (Å²) in [6, 6.07) is 24.6. The standard InChI is InChI=1S/C21H19NO2S/c1-16-11-13-19(14-12-16)25(23,24)22-15-18-9-5-6-10-20(18)21(22)17-7-3-2-4-8-17/h2-14,21H,15H2,1H3. The van der Waals surface area contributed by atoms with Crippen molar-refractivity contribution in [3.8, 4) is 0 Å². The molecule has 1 atom stereocenters. The van der Waals surface area contributed by atoms with E-state index < -0.39 is 10.0 Å². The Kier molecular flexibility index (Phi) is 3.94. The third kappa shape index (κ3) is 2.77. The third-order valence-electron chi connectivity index (χ3n) is 4.71. The molecule has 1 unspecified atom stereocenters. The van der Waals surface area contributed by atoms with E-state index in [-0.39, 0.29) is 6.04 Å². The van der Waals surface area contributed by atoms with Gasteiger partial charge in [-0.25, -0.2) is 8.42 Å². The van der Waals surface area contributed by atoms with Gasteiger partial charge in [0.25, 0.3) is 0 Å². The molecule has 0 N–H and O–H groups in total. The SMILES string of the molecule is Cc1ccc(S(=O)(=O)N2Cc3ccccc3C2c2ccccc2)cc1. The van der Waals surface area contributed by atoms with Crippen LogP contribution in [0.5, 0.6) is 0 Å². The van der Waals surface area contributed by atoms with Gasteiger partial charge in [-0.2, -0.15) is 4.31 Å². The average Bonchev–Trinajstić information content (AvgIpc) is 3.03. The van der Waals surface area contributed by atoms with Gasteiger partial charge in [-0.05, 0) is 35.7 Å².